The molecule has 0 spiro atoms. The lowest BCUT2D eigenvalue weighted by Gasteiger charge is -2.50. The normalized spacial score (nSPS) is 46.5. The van der Waals surface area contributed by atoms with Gasteiger partial charge in [0.05, 0.1) is 54.7 Å². The number of carbonyl (C=O) groups excluding carboxylic acids is 1. The van der Waals surface area contributed by atoms with Crippen molar-refractivity contribution in [2.75, 3.05) is 35.3 Å². The zero-order valence-corrected chi connectivity index (χ0v) is 37.0. The number of methoxy groups -OCH3 is 1. The first kappa shape index (κ1) is 49.1. The van der Waals surface area contributed by atoms with Gasteiger partial charge in [0.15, 0.2) is 18.9 Å². The number of rotatable bonds is 10. The van der Waals surface area contributed by atoms with Crippen LogP contribution in [0.4, 0.5) is 0 Å². The Kier molecular flexibility index (Phi) is 18.6. The Morgan fingerprint density at radius 3 is 2.14 bits per heavy atom. The molecule has 336 valence electrons. The number of carbonyl (C=O) groups is 1. The standard InChI is InChI=1S/C43H76N2O13/c1-13-29-21-24(2)32(56-34-20-19-30(44(8)9)26(4)53-34)18-16-14-15-17-25(3)52-33(47)22-31(46)40(51-12)39(29)58-42-37(48)36(45(10)11)38(27(5)55-42)57-35-23-43(7,50)41(49)28(6)54-35/h14-16,18,24-32,34-42,46,48-50H,13,17,19-23H2,1-12H3/b15-14-,18-16-/t24-,25-,26?,27?,28?,29+,30?,31?,32?,34?,35?,36?,37?,38?,39+,40+,41?,42?,43?/m1/s1. The Morgan fingerprint density at radius 1 is 0.845 bits per heavy atom. The molecule has 0 aliphatic carbocycles. The number of hydrogen-bond donors (Lipinski definition) is 4. The second-order valence-electron chi connectivity index (χ2n) is 17.8. The monoisotopic (exact) mass is 829 g/mol. The highest BCUT2D eigenvalue weighted by Gasteiger charge is 2.51. The minimum atomic E-state index is -1.44. The molecule has 0 aromatic heterocycles. The van der Waals surface area contributed by atoms with E-state index < -0.39 is 85.1 Å². The molecule has 4 aliphatic heterocycles. The first-order valence-electron chi connectivity index (χ1n) is 21.4. The third-order valence-electron chi connectivity index (χ3n) is 12.5. The number of likely N-dealkylation sites (N-methyl/N-ethyl adjacent to an activating group) is 2. The van der Waals surface area contributed by atoms with E-state index in [-0.39, 0.29) is 43.2 Å². The SMILES string of the molecule is CC[C@H]1C[C@@H](C)C(OC2CCC(N(C)C)C(C)O2)/C=C\C=C/C[C@@H](C)OC(=O)CC(O)[C@H](OC)[C@H]1OC1OC(C)C(OC2CC(C)(O)C(O)C(C)O2)C(N(C)C)C1O. The molecule has 0 saturated carbocycles. The van der Waals surface area contributed by atoms with Gasteiger partial charge in [-0.1, -0.05) is 44.6 Å². The first-order valence-corrected chi connectivity index (χ1v) is 21.4. The molecule has 58 heavy (non-hydrogen) atoms. The number of cyclic esters (lactones) is 1. The molecule has 14 unspecified atom stereocenters. The van der Waals surface area contributed by atoms with Crippen molar-refractivity contribution in [3.63, 3.8) is 0 Å². The lowest BCUT2D eigenvalue weighted by Crippen LogP contribution is -2.65. The summed E-state index contributed by atoms with van der Waals surface area (Å²) in [5.74, 6) is -0.888. The van der Waals surface area contributed by atoms with Gasteiger partial charge < -0.3 is 68.1 Å². The van der Waals surface area contributed by atoms with Crippen molar-refractivity contribution in [2.45, 2.75) is 197 Å². The average Bonchev–Trinajstić information content (AvgIpc) is 3.13. The van der Waals surface area contributed by atoms with E-state index >= 15 is 0 Å². The van der Waals surface area contributed by atoms with E-state index in [2.05, 4.69) is 32.8 Å². The fraction of sp³-hybridized carbons (Fsp3) is 0.884. The number of nitrogens with zero attached hydrogens (tertiary/aromatic N) is 2. The van der Waals surface area contributed by atoms with Crippen molar-refractivity contribution in [1.29, 1.82) is 0 Å². The van der Waals surface area contributed by atoms with E-state index in [0.717, 1.165) is 12.8 Å². The first-order chi connectivity index (χ1) is 27.3. The molecule has 0 bridgehead atoms. The van der Waals surface area contributed by atoms with E-state index in [4.69, 9.17) is 37.9 Å². The van der Waals surface area contributed by atoms with Crippen LogP contribution in [0.2, 0.25) is 0 Å². The molecule has 4 heterocycles. The minimum absolute atomic E-state index is 0.00438. The van der Waals surface area contributed by atoms with Crippen LogP contribution >= 0.6 is 0 Å². The van der Waals surface area contributed by atoms with Crippen LogP contribution in [0.3, 0.4) is 0 Å². The van der Waals surface area contributed by atoms with Crippen LogP contribution < -0.4 is 0 Å². The second kappa shape index (κ2) is 22.0. The quantitative estimate of drug-likeness (QED) is 0.236. The molecule has 4 N–H and O–H groups in total. The lowest BCUT2D eigenvalue weighted by molar-refractivity contribution is -0.344. The fourth-order valence-corrected chi connectivity index (χ4v) is 9.15. The van der Waals surface area contributed by atoms with Crippen LogP contribution in [0.1, 0.15) is 93.4 Å². The Labute approximate surface area is 346 Å². The minimum Gasteiger partial charge on any atom is -0.462 e. The summed E-state index contributed by atoms with van der Waals surface area (Å²) in [6.07, 6.45) is 0.174. The smallest absolute Gasteiger partial charge is 0.308 e. The van der Waals surface area contributed by atoms with Crippen molar-refractivity contribution in [1.82, 2.24) is 9.80 Å². The Bertz CT molecular complexity index is 1320. The number of hydrogen-bond acceptors (Lipinski definition) is 15. The van der Waals surface area contributed by atoms with E-state index in [1.54, 1.807) is 20.8 Å². The number of allylic oxidation sites excluding steroid dienone is 2. The predicted octanol–water partition coefficient (Wildman–Crippen LogP) is 3.15. The van der Waals surface area contributed by atoms with Crippen LogP contribution in [0.5, 0.6) is 0 Å². The van der Waals surface area contributed by atoms with Gasteiger partial charge in [0.25, 0.3) is 0 Å². The van der Waals surface area contributed by atoms with Gasteiger partial charge in [0.1, 0.15) is 30.5 Å². The topological polar surface area (TPSA) is 178 Å². The number of esters is 1. The average molecular weight is 829 g/mol. The Balaban J connectivity index is 1.63. The highest BCUT2D eigenvalue weighted by molar-refractivity contribution is 5.70. The summed E-state index contributed by atoms with van der Waals surface area (Å²) in [6, 6.07) is -0.356. The molecule has 0 aromatic rings. The molecule has 15 nitrogen and oxygen atoms in total. The number of ether oxygens (including phenoxy) is 8. The summed E-state index contributed by atoms with van der Waals surface area (Å²) in [4.78, 5) is 17.1. The van der Waals surface area contributed by atoms with Crippen molar-refractivity contribution in [3.05, 3.63) is 24.3 Å². The fourth-order valence-electron chi connectivity index (χ4n) is 9.15. The van der Waals surface area contributed by atoms with Gasteiger partial charge in [0, 0.05) is 26.0 Å². The lowest BCUT2D eigenvalue weighted by atomic mass is 9.82. The summed E-state index contributed by atoms with van der Waals surface area (Å²) >= 11 is 0. The van der Waals surface area contributed by atoms with Crippen molar-refractivity contribution >= 4 is 5.97 Å². The highest BCUT2D eigenvalue weighted by Crippen LogP contribution is 2.37. The van der Waals surface area contributed by atoms with Gasteiger partial charge in [-0.05, 0) is 93.9 Å². The summed E-state index contributed by atoms with van der Waals surface area (Å²) in [7, 11) is 9.24. The molecule has 19 atom stereocenters. The molecular weight excluding hydrogens is 752 g/mol. The highest BCUT2D eigenvalue weighted by atomic mass is 16.7. The maximum atomic E-state index is 13.1. The van der Waals surface area contributed by atoms with Crippen LogP contribution in [0.25, 0.3) is 0 Å². The van der Waals surface area contributed by atoms with Crippen molar-refractivity contribution in [3.8, 4) is 0 Å². The van der Waals surface area contributed by atoms with Gasteiger partial charge in [0.2, 0.25) is 0 Å². The van der Waals surface area contributed by atoms with E-state index in [0.29, 0.717) is 25.3 Å². The molecule has 3 saturated heterocycles. The van der Waals surface area contributed by atoms with Crippen molar-refractivity contribution in [2.24, 2.45) is 11.8 Å². The predicted molar refractivity (Wildman–Crippen MR) is 216 cm³/mol. The molecule has 4 aliphatic rings. The van der Waals surface area contributed by atoms with Gasteiger partial charge in [-0.3, -0.25) is 4.79 Å². The Hall–Kier alpha value is -1.57. The van der Waals surface area contributed by atoms with E-state index in [9.17, 15) is 25.2 Å². The van der Waals surface area contributed by atoms with Crippen LogP contribution in [-0.4, -0.2) is 175 Å². The molecule has 15 heteroatoms. The van der Waals surface area contributed by atoms with E-state index in [1.165, 1.54) is 7.11 Å². The number of aliphatic hydroxyl groups is 4. The van der Waals surface area contributed by atoms with Crippen molar-refractivity contribution < 1.29 is 63.1 Å². The number of aliphatic hydroxyl groups excluding tert-OH is 3. The summed E-state index contributed by atoms with van der Waals surface area (Å²) < 4.78 is 50.4. The third-order valence-corrected chi connectivity index (χ3v) is 12.5. The summed E-state index contributed by atoms with van der Waals surface area (Å²) in [5, 5.41) is 45.1. The maximum Gasteiger partial charge on any atom is 0.308 e. The molecule has 0 aromatic carbocycles. The van der Waals surface area contributed by atoms with Crippen LogP contribution in [0, 0.1) is 11.8 Å². The van der Waals surface area contributed by atoms with Gasteiger partial charge >= 0.3 is 5.97 Å². The molecule has 0 amide bonds. The largest absolute Gasteiger partial charge is 0.462 e. The van der Waals surface area contributed by atoms with Gasteiger partial charge in [-0.2, -0.15) is 0 Å². The summed E-state index contributed by atoms with van der Waals surface area (Å²) in [5.41, 5.74) is -1.44. The molecule has 4 rings (SSSR count). The maximum absolute atomic E-state index is 13.1. The van der Waals surface area contributed by atoms with Crippen LogP contribution in [0.15, 0.2) is 24.3 Å². The van der Waals surface area contributed by atoms with Crippen LogP contribution in [-0.2, 0) is 42.7 Å². The zero-order chi connectivity index (χ0) is 43.1. The van der Waals surface area contributed by atoms with Gasteiger partial charge in [-0.15, -0.1) is 0 Å². The Morgan fingerprint density at radius 2 is 1.53 bits per heavy atom. The van der Waals surface area contributed by atoms with E-state index in [1.807, 2.05) is 57.1 Å². The zero-order valence-electron chi connectivity index (χ0n) is 37.0. The second-order valence-corrected chi connectivity index (χ2v) is 17.8. The summed E-state index contributed by atoms with van der Waals surface area (Å²) in [6.45, 7) is 13.1. The van der Waals surface area contributed by atoms with Gasteiger partial charge in [-0.25, -0.2) is 0 Å². The third kappa shape index (κ3) is 12.7. The molecule has 0 radical (unpaired) electrons. The molecular formula is C43H76N2O13. The molecule has 3 fully saturated rings.